The number of methoxy groups -OCH3 is 1. The normalized spacial score (nSPS) is 11.6. The molecule has 0 bridgehead atoms. The molecule has 9 heteroatoms. The molecule has 34 heavy (non-hydrogen) atoms. The molecule has 0 aliphatic heterocycles. The third-order valence-electron chi connectivity index (χ3n) is 4.66. The van der Waals surface area contributed by atoms with Crippen LogP contribution in [0.2, 0.25) is 5.02 Å². The Labute approximate surface area is 198 Å². The maximum atomic E-state index is 13.2. The van der Waals surface area contributed by atoms with Crippen LogP contribution in [-0.4, -0.2) is 25.6 Å². The van der Waals surface area contributed by atoms with E-state index in [0.717, 1.165) is 12.1 Å². The van der Waals surface area contributed by atoms with E-state index in [1.54, 1.807) is 60.7 Å². The van der Waals surface area contributed by atoms with Crippen molar-refractivity contribution in [3.05, 3.63) is 94.5 Å². The summed E-state index contributed by atoms with van der Waals surface area (Å²) in [7, 11) is 1.49. The third kappa shape index (κ3) is 6.17. The average Bonchev–Trinajstić information content (AvgIpc) is 2.82. The van der Waals surface area contributed by atoms with Gasteiger partial charge in [0.1, 0.15) is 5.75 Å². The van der Waals surface area contributed by atoms with Crippen LogP contribution in [0.15, 0.2) is 72.8 Å². The number of carbonyl (C=O) groups is 2. The summed E-state index contributed by atoms with van der Waals surface area (Å²) in [4.78, 5) is 25.2. The van der Waals surface area contributed by atoms with Gasteiger partial charge in [0.25, 0.3) is 5.91 Å². The van der Waals surface area contributed by atoms with E-state index in [1.807, 2.05) is 0 Å². The summed E-state index contributed by atoms with van der Waals surface area (Å²) < 4.78 is 50.2. The lowest BCUT2D eigenvalue weighted by Crippen LogP contribution is -2.23. The van der Waals surface area contributed by atoms with E-state index in [0.29, 0.717) is 16.9 Å². The minimum absolute atomic E-state index is 0.131. The fourth-order valence-electron chi connectivity index (χ4n) is 3.09. The molecular formula is C25H19ClF3NO4. The number of esters is 1. The third-order valence-corrected chi connectivity index (χ3v) is 4.98. The van der Waals surface area contributed by atoms with Crippen LogP contribution in [0.25, 0.3) is 11.6 Å². The number of carbonyl (C=O) groups excluding carboxylic acids is 2. The van der Waals surface area contributed by atoms with E-state index in [4.69, 9.17) is 21.1 Å². The van der Waals surface area contributed by atoms with Gasteiger partial charge in [-0.3, -0.25) is 4.79 Å². The molecule has 0 atom stereocenters. The summed E-state index contributed by atoms with van der Waals surface area (Å²) in [6, 6.07) is 18.7. The van der Waals surface area contributed by atoms with Gasteiger partial charge in [-0.15, -0.1) is 0 Å². The first-order valence-corrected chi connectivity index (χ1v) is 10.3. The maximum absolute atomic E-state index is 13.2. The Morgan fingerprint density at radius 3 is 2.32 bits per heavy atom. The molecule has 0 saturated heterocycles. The Balaban J connectivity index is 1.81. The maximum Gasteiger partial charge on any atom is 0.418 e. The molecule has 0 unspecified atom stereocenters. The smallest absolute Gasteiger partial charge is 0.418 e. The minimum atomic E-state index is -4.73. The second kappa shape index (κ2) is 10.9. The Morgan fingerprint density at radius 2 is 1.65 bits per heavy atom. The molecular weight excluding hydrogens is 471 g/mol. The van der Waals surface area contributed by atoms with Gasteiger partial charge in [-0.2, -0.15) is 13.2 Å². The Morgan fingerprint density at radius 1 is 0.971 bits per heavy atom. The van der Waals surface area contributed by atoms with Gasteiger partial charge in [0.05, 0.1) is 29.0 Å². The van der Waals surface area contributed by atoms with E-state index >= 15 is 0 Å². The lowest BCUT2D eigenvalue weighted by molar-refractivity contribution is -0.141. The number of amides is 1. The van der Waals surface area contributed by atoms with Crippen molar-refractivity contribution in [2.75, 3.05) is 19.0 Å². The Kier molecular flexibility index (Phi) is 7.96. The lowest BCUT2D eigenvalue weighted by atomic mass is 10.0. The van der Waals surface area contributed by atoms with Crippen molar-refractivity contribution < 1.29 is 32.2 Å². The molecule has 0 fully saturated rings. The van der Waals surface area contributed by atoms with Crippen LogP contribution < -0.4 is 10.1 Å². The first kappa shape index (κ1) is 24.9. The molecule has 3 aromatic rings. The summed E-state index contributed by atoms with van der Waals surface area (Å²) in [6.07, 6.45) is -3.19. The van der Waals surface area contributed by atoms with Gasteiger partial charge >= 0.3 is 12.1 Å². The lowest BCUT2D eigenvalue weighted by Gasteiger charge is -2.15. The molecule has 0 aliphatic carbocycles. The van der Waals surface area contributed by atoms with Crippen molar-refractivity contribution in [1.82, 2.24) is 0 Å². The number of para-hydroxylation sites is 2. The second-order valence-electron chi connectivity index (χ2n) is 6.95. The molecule has 176 valence electrons. The summed E-state index contributed by atoms with van der Waals surface area (Å²) >= 11 is 5.85. The van der Waals surface area contributed by atoms with Crippen molar-refractivity contribution >= 4 is 40.8 Å². The zero-order valence-electron chi connectivity index (χ0n) is 17.9. The fraction of sp³-hybridized carbons (Fsp3) is 0.120. The van der Waals surface area contributed by atoms with Crippen molar-refractivity contribution in [1.29, 1.82) is 0 Å². The number of hydrogen-bond donors (Lipinski definition) is 1. The predicted octanol–water partition coefficient (Wildman–Crippen LogP) is 6.09. The van der Waals surface area contributed by atoms with E-state index in [9.17, 15) is 22.8 Å². The van der Waals surface area contributed by atoms with E-state index in [2.05, 4.69) is 5.32 Å². The molecule has 3 aromatic carbocycles. The molecule has 1 N–H and O–H groups in total. The van der Waals surface area contributed by atoms with Crippen LogP contribution in [0.5, 0.6) is 5.75 Å². The second-order valence-corrected chi connectivity index (χ2v) is 7.36. The minimum Gasteiger partial charge on any atom is -0.496 e. The Hall–Kier alpha value is -3.78. The number of benzene rings is 3. The standard InChI is InChI=1S/C25H19ClF3NO4/c1-33-21-13-6-5-10-17(21)14-18(16-8-3-2-4-9-16)24(32)34-15-22(31)30-23-19(25(27,28)29)11-7-12-20(23)26/h2-14H,15H2,1H3,(H,30,31)/b18-14+. The van der Waals surface area contributed by atoms with Gasteiger partial charge in [-0.1, -0.05) is 66.2 Å². The van der Waals surface area contributed by atoms with Gasteiger partial charge in [0.2, 0.25) is 0 Å². The van der Waals surface area contributed by atoms with Crippen molar-refractivity contribution in [3.8, 4) is 5.75 Å². The first-order valence-electron chi connectivity index (χ1n) is 9.93. The van der Waals surface area contributed by atoms with E-state index in [1.165, 1.54) is 13.2 Å². The molecule has 1 amide bonds. The van der Waals surface area contributed by atoms with Crippen LogP contribution in [0.3, 0.4) is 0 Å². The van der Waals surface area contributed by atoms with Gasteiger partial charge < -0.3 is 14.8 Å². The molecule has 5 nitrogen and oxygen atoms in total. The molecule has 0 aliphatic rings. The highest BCUT2D eigenvalue weighted by Gasteiger charge is 2.34. The zero-order valence-corrected chi connectivity index (χ0v) is 18.6. The topological polar surface area (TPSA) is 64.6 Å². The zero-order chi connectivity index (χ0) is 24.7. The summed E-state index contributed by atoms with van der Waals surface area (Å²) in [5.74, 6) is -1.31. The highest BCUT2D eigenvalue weighted by molar-refractivity contribution is 6.34. The predicted molar refractivity (Wildman–Crippen MR) is 123 cm³/mol. The first-order chi connectivity index (χ1) is 16.2. The van der Waals surface area contributed by atoms with Crippen molar-refractivity contribution in [3.63, 3.8) is 0 Å². The van der Waals surface area contributed by atoms with E-state index < -0.39 is 35.9 Å². The van der Waals surface area contributed by atoms with Crippen LogP contribution in [0.1, 0.15) is 16.7 Å². The number of ether oxygens (including phenoxy) is 2. The number of anilines is 1. The van der Waals surface area contributed by atoms with Gasteiger partial charge in [-0.05, 0) is 29.8 Å². The van der Waals surface area contributed by atoms with Crippen molar-refractivity contribution in [2.24, 2.45) is 0 Å². The van der Waals surface area contributed by atoms with Crippen LogP contribution in [0.4, 0.5) is 18.9 Å². The van der Waals surface area contributed by atoms with Crippen LogP contribution in [0, 0.1) is 0 Å². The molecule has 0 radical (unpaired) electrons. The van der Waals surface area contributed by atoms with Gasteiger partial charge in [0.15, 0.2) is 6.61 Å². The number of rotatable bonds is 7. The fourth-order valence-corrected chi connectivity index (χ4v) is 3.31. The molecule has 0 aromatic heterocycles. The summed E-state index contributed by atoms with van der Waals surface area (Å²) in [6.45, 7) is -0.822. The molecule has 3 rings (SSSR count). The molecule has 0 saturated carbocycles. The van der Waals surface area contributed by atoms with Gasteiger partial charge in [0, 0.05) is 5.56 Å². The van der Waals surface area contributed by atoms with Crippen LogP contribution in [-0.2, 0) is 20.5 Å². The molecule has 0 spiro atoms. The summed E-state index contributed by atoms with van der Waals surface area (Å²) in [5.41, 5.74) is -0.474. The SMILES string of the molecule is COc1ccccc1/C=C(/C(=O)OCC(=O)Nc1c(Cl)cccc1C(F)(F)F)c1ccccc1. The highest BCUT2D eigenvalue weighted by Crippen LogP contribution is 2.38. The highest BCUT2D eigenvalue weighted by atomic mass is 35.5. The number of halogens is 4. The van der Waals surface area contributed by atoms with E-state index in [-0.39, 0.29) is 10.6 Å². The Bertz CT molecular complexity index is 1210. The quantitative estimate of drug-likeness (QED) is 0.248. The van der Waals surface area contributed by atoms with Crippen LogP contribution >= 0.6 is 11.6 Å². The van der Waals surface area contributed by atoms with Crippen molar-refractivity contribution in [2.45, 2.75) is 6.18 Å². The average molecular weight is 490 g/mol. The number of hydrogen-bond acceptors (Lipinski definition) is 4. The van der Waals surface area contributed by atoms with Gasteiger partial charge in [-0.25, -0.2) is 4.79 Å². The number of alkyl halides is 3. The largest absolute Gasteiger partial charge is 0.496 e. The monoisotopic (exact) mass is 489 g/mol. The number of nitrogens with one attached hydrogen (secondary N) is 1. The summed E-state index contributed by atoms with van der Waals surface area (Å²) in [5, 5.41) is 1.78. The molecule has 0 heterocycles.